The Morgan fingerprint density at radius 2 is 1.91 bits per heavy atom. The minimum Gasteiger partial charge on any atom is -0.378 e. The third-order valence-electron chi connectivity index (χ3n) is 4.26. The van der Waals surface area contributed by atoms with Crippen LogP contribution in [-0.4, -0.2) is 17.6 Å². The molecule has 4 heteroatoms. The second-order valence-electron chi connectivity index (χ2n) is 5.82. The topological polar surface area (TPSA) is 49.3 Å². The van der Waals surface area contributed by atoms with Gasteiger partial charge in [0.05, 0.1) is 0 Å². The van der Waals surface area contributed by atoms with E-state index in [1.165, 1.54) is 12.1 Å². The van der Waals surface area contributed by atoms with Crippen LogP contribution in [0.1, 0.15) is 30.1 Å². The highest BCUT2D eigenvalue weighted by Crippen LogP contribution is 2.47. The van der Waals surface area contributed by atoms with Crippen molar-refractivity contribution in [3.63, 3.8) is 0 Å². The number of nitrogens with one attached hydrogen (secondary N) is 1. The second kappa shape index (κ2) is 5.89. The van der Waals surface area contributed by atoms with E-state index in [0.717, 1.165) is 18.4 Å². The van der Waals surface area contributed by atoms with Crippen LogP contribution in [0.25, 0.3) is 0 Å². The average molecular weight is 299 g/mol. The summed E-state index contributed by atoms with van der Waals surface area (Å²) in [6, 6.07) is 15.3. The van der Waals surface area contributed by atoms with E-state index >= 15 is 0 Å². The first-order valence-electron chi connectivity index (χ1n) is 7.37. The van der Waals surface area contributed by atoms with Gasteiger partial charge in [-0.25, -0.2) is 4.39 Å². The lowest BCUT2D eigenvalue weighted by atomic mass is 9.95. The van der Waals surface area contributed by atoms with E-state index < -0.39 is 12.0 Å². The van der Waals surface area contributed by atoms with Gasteiger partial charge in [-0.1, -0.05) is 42.5 Å². The second-order valence-corrected chi connectivity index (χ2v) is 5.82. The van der Waals surface area contributed by atoms with Gasteiger partial charge in [-0.2, -0.15) is 0 Å². The number of rotatable bonds is 5. The summed E-state index contributed by atoms with van der Waals surface area (Å²) in [6.07, 6.45) is 0.653. The van der Waals surface area contributed by atoms with Crippen molar-refractivity contribution in [3.05, 3.63) is 71.5 Å². The number of carbonyl (C=O) groups excluding carboxylic acids is 1. The maximum absolute atomic E-state index is 13.3. The molecule has 3 nitrogen and oxygen atoms in total. The fraction of sp³-hybridized carbons (Fsp3) is 0.278. The summed E-state index contributed by atoms with van der Waals surface area (Å²) in [7, 11) is 0. The van der Waals surface area contributed by atoms with Crippen LogP contribution in [-0.2, 0) is 10.2 Å². The Kier molecular flexibility index (Phi) is 3.94. The van der Waals surface area contributed by atoms with Gasteiger partial charge in [0.2, 0.25) is 0 Å². The molecule has 1 fully saturated rings. The van der Waals surface area contributed by atoms with Gasteiger partial charge in [0.15, 0.2) is 6.10 Å². The van der Waals surface area contributed by atoms with Gasteiger partial charge in [0.1, 0.15) is 5.82 Å². The third kappa shape index (κ3) is 3.02. The number of aliphatic hydroxyl groups is 1. The fourth-order valence-electron chi connectivity index (χ4n) is 2.68. The molecule has 0 radical (unpaired) electrons. The molecule has 2 aromatic carbocycles. The molecule has 0 aliphatic heterocycles. The molecular formula is C18H18FNO2. The highest BCUT2D eigenvalue weighted by Gasteiger charge is 2.44. The molecule has 1 amide bonds. The molecule has 3 rings (SSSR count). The molecule has 22 heavy (non-hydrogen) atoms. The van der Waals surface area contributed by atoms with E-state index in [2.05, 4.69) is 5.32 Å². The van der Waals surface area contributed by atoms with Crippen molar-refractivity contribution in [1.82, 2.24) is 5.32 Å². The first-order chi connectivity index (χ1) is 10.6. The number of hydrogen-bond acceptors (Lipinski definition) is 2. The normalized spacial score (nSPS) is 16.8. The molecule has 0 saturated heterocycles. The fourth-order valence-corrected chi connectivity index (χ4v) is 2.68. The van der Waals surface area contributed by atoms with Gasteiger partial charge in [-0.3, -0.25) is 4.79 Å². The smallest absolute Gasteiger partial charge is 0.253 e. The lowest BCUT2D eigenvalue weighted by Gasteiger charge is -2.18. The van der Waals surface area contributed by atoms with Gasteiger partial charge in [-0.15, -0.1) is 0 Å². The van der Waals surface area contributed by atoms with Gasteiger partial charge in [0.25, 0.3) is 5.91 Å². The van der Waals surface area contributed by atoms with Crippen LogP contribution in [0.2, 0.25) is 0 Å². The quantitative estimate of drug-likeness (QED) is 0.892. The summed E-state index contributed by atoms with van der Waals surface area (Å²) in [5.74, 6) is -0.687. The van der Waals surface area contributed by atoms with E-state index in [4.69, 9.17) is 0 Å². The molecular weight excluding hydrogens is 281 g/mol. The summed E-state index contributed by atoms with van der Waals surface area (Å²) in [6.45, 7) is 0.416. The summed E-state index contributed by atoms with van der Waals surface area (Å²) in [5, 5.41) is 12.8. The number of amides is 1. The molecule has 2 N–H and O–H groups in total. The highest BCUT2D eigenvalue weighted by atomic mass is 19.1. The van der Waals surface area contributed by atoms with Crippen molar-refractivity contribution in [2.75, 3.05) is 6.54 Å². The van der Waals surface area contributed by atoms with Gasteiger partial charge >= 0.3 is 0 Å². The number of hydrogen-bond donors (Lipinski definition) is 2. The largest absolute Gasteiger partial charge is 0.378 e. The average Bonchev–Trinajstić information content (AvgIpc) is 3.34. The molecule has 1 saturated carbocycles. The van der Waals surface area contributed by atoms with Crippen molar-refractivity contribution in [1.29, 1.82) is 0 Å². The zero-order chi connectivity index (χ0) is 15.6. The van der Waals surface area contributed by atoms with Crippen molar-refractivity contribution in [2.45, 2.75) is 24.4 Å². The van der Waals surface area contributed by atoms with E-state index in [-0.39, 0.29) is 11.2 Å². The predicted octanol–water partition coefficient (Wildman–Crippen LogP) is 2.71. The molecule has 1 atom stereocenters. The van der Waals surface area contributed by atoms with E-state index in [1.807, 2.05) is 12.1 Å². The third-order valence-corrected chi connectivity index (χ3v) is 4.26. The molecule has 0 bridgehead atoms. The molecule has 1 aliphatic carbocycles. The van der Waals surface area contributed by atoms with Gasteiger partial charge in [0, 0.05) is 12.0 Å². The first-order valence-corrected chi connectivity index (χ1v) is 7.37. The Hall–Kier alpha value is -2.20. The number of benzene rings is 2. The summed E-state index contributed by atoms with van der Waals surface area (Å²) < 4.78 is 13.3. The number of halogens is 1. The highest BCUT2D eigenvalue weighted by molar-refractivity contribution is 5.82. The van der Waals surface area contributed by atoms with E-state index in [9.17, 15) is 14.3 Å². The number of carbonyl (C=O) groups is 1. The zero-order valence-corrected chi connectivity index (χ0v) is 12.1. The molecule has 114 valence electrons. The van der Waals surface area contributed by atoms with Crippen LogP contribution in [0.3, 0.4) is 0 Å². The Morgan fingerprint density at radius 3 is 2.55 bits per heavy atom. The van der Waals surface area contributed by atoms with Crippen molar-refractivity contribution >= 4 is 5.91 Å². The lowest BCUT2D eigenvalue weighted by Crippen LogP contribution is -2.35. The van der Waals surface area contributed by atoms with Crippen LogP contribution in [0.4, 0.5) is 4.39 Å². The van der Waals surface area contributed by atoms with Crippen LogP contribution >= 0.6 is 0 Å². The Morgan fingerprint density at radius 1 is 1.18 bits per heavy atom. The molecule has 0 aromatic heterocycles. The minimum atomic E-state index is -1.18. The van der Waals surface area contributed by atoms with Crippen molar-refractivity contribution in [3.8, 4) is 0 Å². The lowest BCUT2D eigenvalue weighted by molar-refractivity contribution is -0.129. The molecule has 0 spiro atoms. The molecule has 1 unspecified atom stereocenters. The van der Waals surface area contributed by atoms with Crippen molar-refractivity contribution in [2.24, 2.45) is 0 Å². The Bertz CT molecular complexity index is 668. The van der Waals surface area contributed by atoms with Crippen LogP contribution in [0.5, 0.6) is 0 Å². The monoisotopic (exact) mass is 299 g/mol. The van der Waals surface area contributed by atoms with Crippen LogP contribution < -0.4 is 5.32 Å². The maximum Gasteiger partial charge on any atom is 0.253 e. The molecule has 2 aromatic rings. The van der Waals surface area contributed by atoms with Gasteiger partial charge in [-0.05, 0) is 36.1 Å². The van der Waals surface area contributed by atoms with E-state index in [1.54, 1.807) is 30.3 Å². The van der Waals surface area contributed by atoms with Gasteiger partial charge < -0.3 is 10.4 Å². The first kappa shape index (κ1) is 14.7. The van der Waals surface area contributed by atoms with Crippen molar-refractivity contribution < 1.29 is 14.3 Å². The standard InChI is InChI=1S/C18H18FNO2/c19-15-8-4-7-14(11-15)18(9-10-18)12-20-17(22)16(21)13-5-2-1-3-6-13/h1-8,11,16,21H,9-10,12H2,(H,20,22). The summed E-state index contributed by atoms with van der Waals surface area (Å²) in [5.41, 5.74) is 1.28. The molecule has 1 aliphatic rings. The van der Waals surface area contributed by atoms with Crippen LogP contribution in [0.15, 0.2) is 54.6 Å². The SMILES string of the molecule is O=C(NCC1(c2cccc(F)c2)CC1)C(O)c1ccccc1. The summed E-state index contributed by atoms with van der Waals surface area (Å²) >= 11 is 0. The minimum absolute atomic E-state index is 0.186. The zero-order valence-electron chi connectivity index (χ0n) is 12.1. The van der Waals surface area contributed by atoms with Crippen LogP contribution in [0, 0.1) is 5.82 Å². The Labute approximate surface area is 128 Å². The predicted molar refractivity (Wildman–Crippen MR) is 81.7 cm³/mol. The van der Waals surface area contributed by atoms with E-state index in [0.29, 0.717) is 12.1 Å². The number of aliphatic hydroxyl groups excluding tert-OH is 1. The molecule has 0 heterocycles. The maximum atomic E-state index is 13.3. The summed E-state index contributed by atoms with van der Waals surface area (Å²) in [4.78, 5) is 12.1. The Balaban J connectivity index is 1.64.